The van der Waals surface area contributed by atoms with E-state index in [4.69, 9.17) is 39.5 Å². The van der Waals surface area contributed by atoms with Crippen molar-refractivity contribution in [2.24, 2.45) is 0 Å². The summed E-state index contributed by atoms with van der Waals surface area (Å²) in [4.78, 5) is 15.9. The largest absolute Gasteiger partial charge is 0.511 e. The highest BCUT2D eigenvalue weighted by Gasteiger charge is 2.20. The van der Waals surface area contributed by atoms with Gasteiger partial charge in [0.05, 0.1) is 20.8 Å². The second kappa shape index (κ2) is 9.08. The minimum Gasteiger partial charge on any atom is -0.449 e. The number of aromatic nitrogens is 1. The molecule has 0 amide bonds. The molecule has 1 aromatic heterocycles. The maximum atomic E-state index is 14.8. The Morgan fingerprint density at radius 1 is 1.00 bits per heavy atom. The highest BCUT2D eigenvalue weighted by atomic mass is 35.5. The normalized spacial score (nSPS) is 10.9. The Bertz CT molecular complexity index is 1360. The van der Waals surface area contributed by atoms with Gasteiger partial charge in [-0.3, -0.25) is 0 Å². The van der Waals surface area contributed by atoms with Gasteiger partial charge in [-0.1, -0.05) is 53.0 Å². The van der Waals surface area contributed by atoms with Gasteiger partial charge in [0.15, 0.2) is 0 Å². The van der Waals surface area contributed by atoms with Crippen LogP contribution < -0.4 is 4.74 Å². The van der Waals surface area contributed by atoms with Crippen molar-refractivity contribution in [3.63, 3.8) is 0 Å². The molecule has 32 heavy (non-hydrogen) atoms. The molecular formula is C23H13Cl3FNO3S. The van der Waals surface area contributed by atoms with Crippen molar-refractivity contribution >= 4 is 52.3 Å². The van der Waals surface area contributed by atoms with Crippen LogP contribution in [-0.4, -0.2) is 16.2 Å². The van der Waals surface area contributed by atoms with Gasteiger partial charge < -0.3 is 9.84 Å². The molecule has 1 heterocycles. The number of hydrogen-bond acceptors (Lipinski definition) is 4. The highest BCUT2D eigenvalue weighted by molar-refractivity contribution is 7.13. The van der Waals surface area contributed by atoms with Crippen molar-refractivity contribution in [2.75, 3.05) is 0 Å². The second-order valence-electron chi connectivity index (χ2n) is 6.80. The van der Waals surface area contributed by atoms with Crippen LogP contribution in [0.3, 0.4) is 0 Å². The van der Waals surface area contributed by atoms with E-state index in [0.717, 1.165) is 5.56 Å². The standard InChI is InChI=1S/C23H13Cl3FNO3S/c1-11-2-6-16(25)20(21(11)27)14-5-3-13(9-19(14)31-23(29)30)22-28-18(10-32-22)12-4-7-15(24)17(26)8-12/h2-10H,1H3,(H,29,30). The lowest BCUT2D eigenvalue weighted by Crippen LogP contribution is -2.05. The summed E-state index contributed by atoms with van der Waals surface area (Å²) >= 11 is 19.7. The third-order valence-electron chi connectivity index (χ3n) is 4.70. The smallest absolute Gasteiger partial charge is 0.449 e. The summed E-state index contributed by atoms with van der Waals surface area (Å²) in [5.74, 6) is -0.593. The molecule has 0 unspecified atom stereocenters. The van der Waals surface area contributed by atoms with Gasteiger partial charge in [-0.2, -0.15) is 0 Å². The fourth-order valence-electron chi connectivity index (χ4n) is 3.14. The van der Waals surface area contributed by atoms with E-state index in [-0.39, 0.29) is 21.9 Å². The van der Waals surface area contributed by atoms with Crippen LogP contribution in [0.4, 0.5) is 9.18 Å². The van der Waals surface area contributed by atoms with Crippen LogP contribution in [-0.2, 0) is 0 Å². The van der Waals surface area contributed by atoms with Gasteiger partial charge in [-0.15, -0.1) is 11.3 Å². The lowest BCUT2D eigenvalue weighted by molar-refractivity contribution is 0.144. The summed E-state index contributed by atoms with van der Waals surface area (Å²) in [6, 6.07) is 13.1. The van der Waals surface area contributed by atoms with E-state index in [1.165, 1.54) is 17.4 Å². The average molecular weight is 509 g/mol. The van der Waals surface area contributed by atoms with Gasteiger partial charge >= 0.3 is 6.16 Å². The summed E-state index contributed by atoms with van der Waals surface area (Å²) in [5, 5.41) is 12.7. The molecule has 0 saturated carbocycles. The number of aryl methyl sites for hydroxylation is 1. The fourth-order valence-corrected chi connectivity index (χ4v) is 4.51. The van der Waals surface area contributed by atoms with E-state index in [1.54, 1.807) is 49.4 Å². The number of ether oxygens (including phenoxy) is 1. The Morgan fingerprint density at radius 2 is 1.72 bits per heavy atom. The predicted molar refractivity (Wildman–Crippen MR) is 127 cm³/mol. The Kier molecular flexibility index (Phi) is 6.40. The van der Waals surface area contributed by atoms with Gasteiger partial charge in [0.1, 0.15) is 16.6 Å². The fraction of sp³-hybridized carbons (Fsp3) is 0.0435. The number of benzene rings is 3. The number of halogens is 4. The zero-order valence-corrected chi connectivity index (χ0v) is 19.4. The molecule has 0 atom stereocenters. The molecule has 4 rings (SSSR count). The predicted octanol–water partition coefficient (Wildman–Crippen LogP) is 8.61. The second-order valence-corrected chi connectivity index (χ2v) is 8.88. The van der Waals surface area contributed by atoms with Gasteiger partial charge in [0, 0.05) is 27.6 Å². The summed E-state index contributed by atoms with van der Waals surface area (Å²) in [6.45, 7) is 1.60. The van der Waals surface area contributed by atoms with Crippen LogP contribution >= 0.6 is 46.1 Å². The molecule has 0 aliphatic carbocycles. The molecule has 9 heteroatoms. The Hall–Kier alpha value is -2.64. The topological polar surface area (TPSA) is 59.4 Å². The molecule has 0 bridgehead atoms. The first kappa shape index (κ1) is 22.6. The van der Waals surface area contributed by atoms with Crippen molar-refractivity contribution in [3.05, 3.63) is 80.4 Å². The van der Waals surface area contributed by atoms with Crippen LogP contribution in [0.15, 0.2) is 53.9 Å². The van der Waals surface area contributed by atoms with E-state index in [0.29, 0.717) is 31.9 Å². The first-order valence-electron chi connectivity index (χ1n) is 9.15. The molecule has 0 spiro atoms. The van der Waals surface area contributed by atoms with Crippen LogP contribution in [0.25, 0.3) is 33.0 Å². The Morgan fingerprint density at radius 3 is 2.44 bits per heavy atom. The van der Waals surface area contributed by atoms with Crippen molar-refractivity contribution in [1.82, 2.24) is 4.98 Å². The van der Waals surface area contributed by atoms with E-state index in [9.17, 15) is 14.3 Å². The lowest BCUT2D eigenvalue weighted by Gasteiger charge is -2.13. The summed E-state index contributed by atoms with van der Waals surface area (Å²) in [5.41, 5.74) is 2.75. The Labute approximate surface area is 201 Å². The molecule has 3 aromatic carbocycles. The van der Waals surface area contributed by atoms with Crippen LogP contribution in [0.5, 0.6) is 5.75 Å². The van der Waals surface area contributed by atoms with Crippen molar-refractivity contribution in [1.29, 1.82) is 0 Å². The summed E-state index contributed by atoms with van der Waals surface area (Å²) < 4.78 is 19.8. The quantitative estimate of drug-likeness (QED) is 0.221. The van der Waals surface area contributed by atoms with Crippen molar-refractivity contribution in [2.45, 2.75) is 6.92 Å². The first-order valence-corrected chi connectivity index (χ1v) is 11.2. The number of carbonyl (C=O) groups is 1. The van der Waals surface area contributed by atoms with E-state index in [1.807, 2.05) is 5.38 Å². The molecule has 1 N–H and O–H groups in total. The third kappa shape index (κ3) is 4.45. The Balaban J connectivity index is 1.79. The van der Waals surface area contributed by atoms with Gasteiger partial charge in [0.25, 0.3) is 0 Å². The molecule has 0 aliphatic heterocycles. The van der Waals surface area contributed by atoms with Crippen molar-refractivity contribution < 1.29 is 19.0 Å². The zero-order chi connectivity index (χ0) is 23.0. The lowest BCUT2D eigenvalue weighted by atomic mass is 10.00. The average Bonchev–Trinajstić information content (AvgIpc) is 3.24. The maximum absolute atomic E-state index is 14.8. The van der Waals surface area contributed by atoms with Crippen LogP contribution in [0, 0.1) is 12.7 Å². The van der Waals surface area contributed by atoms with Crippen LogP contribution in [0.2, 0.25) is 15.1 Å². The first-order chi connectivity index (χ1) is 15.2. The van der Waals surface area contributed by atoms with E-state index < -0.39 is 12.0 Å². The highest BCUT2D eigenvalue weighted by Crippen LogP contribution is 2.41. The number of rotatable bonds is 4. The summed E-state index contributed by atoms with van der Waals surface area (Å²) in [7, 11) is 0. The number of hydrogen-bond donors (Lipinski definition) is 1. The van der Waals surface area contributed by atoms with Crippen molar-refractivity contribution in [3.8, 4) is 38.7 Å². The van der Waals surface area contributed by atoms with Gasteiger partial charge in [0.2, 0.25) is 0 Å². The molecule has 0 radical (unpaired) electrons. The number of nitrogens with zero attached hydrogens (tertiary/aromatic N) is 1. The SMILES string of the molecule is Cc1ccc(Cl)c(-c2ccc(-c3nc(-c4ccc(Cl)c(Cl)c4)cs3)cc2OC(=O)O)c1F. The van der Waals surface area contributed by atoms with E-state index >= 15 is 0 Å². The monoisotopic (exact) mass is 507 g/mol. The minimum atomic E-state index is -1.52. The number of carboxylic acid groups (broad SMARTS) is 1. The minimum absolute atomic E-state index is 0.0484. The van der Waals surface area contributed by atoms with Crippen LogP contribution in [0.1, 0.15) is 5.56 Å². The van der Waals surface area contributed by atoms with Gasteiger partial charge in [-0.05, 0) is 42.8 Å². The molecule has 0 saturated heterocycles. The summed E-state index contributed by atoms with van der Waals surface area (Å²) in [6.07, 6.45) is -1.52. The molecular weight excluding hydrogens is 496 g/mol. The molecule has 162 valence electrons. The molecule has 4 aromatic rings. The third-order valence-corrected chi connectivity index (χ3v) is 6.64. The van der Waals surface area contributed by atoms with E-state index in [2.05, 4.69) is 4.98 Å². The van der Waals surface area contributed by atoms with Gasteiger partial charge in [-0.25, -0.2) is 14.2 Å². The number of thiazole rings is 1. The maximum Gasteiger partial charge on any atom is 0.511 e. The molecule has 4 nitrogen and oxygen atoms in total. The zero-order valence-electron chi connectivity index (χ0n) is 16.3. The molecule has 0 fully saturated rings. The molecule has 0 aliphatic rings.